The van der Waals surface area contributed by atoms with Gasteiger partial charge in [0.25, 0.3) is 0 Å². The van der Waals surface area contributed by atoms with E-state index in [4.69, 9.17) is 4.74 Å². The van der Waals surface area contributed by atoms with E-state index in [1.807, 2.05) is 7.05 Å². The first-order chi connectivity index (χ1) is 9.72. The Balaban J connectivity index is 1.85. The van der Waals surface area contributed by atoms with Crippen LogP contribution in [0.4, 0.5) is 4.39 Å². The zero-order valence-electron chi connectivity index (χ0n) is 12.3. The summed E-state index contributed by atoms with van der Waals surface area (Å²) in [5.41, 5.74) is 0.897. The number of aromatic nitrogens is 1. The molecule has 2 atom stereocenters. The van der Waals surface area contributed by atoms with Gasteiger partial charge in [-0.3, -0.25) is 9.88 Å². The van der Waals surface area contributed by atoms with E-state index in [0.29, 0.717) is 6.10 Å². The van der Waals surface area contributed by atoms with Crippen LogP contribution in [0.25, 0.3) is 0 Å². The fourth-order valence-electron chi connectivity index (χ4n) is 2.58. The number of morpholine rings is 1. The molecule has 1 saturated heterocycles. The van der Waals surface area contributed by atoms with Crippen molar-refractivity contribution in [3.8, 4) is 0 Å². The van der Waals surface area contributed by atoms with Gasteiger partial charge in [0.1, 0.15) is 5.82 Å². The van der Waals surface area contributed by atoms with Crippen molar-refractivity contribution in [3.63, 3.8) is 0 Å². The minimum Gasteiger partial charge on any atom is -0.376 e. The van der Waals surface area contributed by atoms with Crippen molar-refractivity contribution in [3.05, 3.63) is 29.8 Å². The predicted molar refractivity (Wildman–Crippen MR) is 77.1 cm³/mol. The largest absolute Gasteiger partial charge is 0.376 e. The molecule has 0 aromatic carbocycles. The van der Waals surface area contributed by atoms with E-state index < -0.39 is 0 Å². The van der Waals surface area contributed by atoms with Gasteiger partial charge in [0.2, 0.25) is 0 Å². The monoisotopic (exact) mass is 281 g/mol. The third-order valence-electron chi connectivity index (χ3n) is 3.87. The van der Waals surface area contributed by atoms with Crippen LogP contribution in [0.3, 0.4) is 0 Å². The van der Waals surface area contributed by atoms with E-state index in [1.165, 1.54) is 12.3 Å². The number of nitrogens with zero attached hydrogens (tertiary/aromatic N) is 2. The zero-order chi connectivity index (χ0) is 14.4. The van der Waals surface area contributed by atoms with Crippen molar-refractivity contribution in [2.24, 2.45) is 0 Å². The highest BCUT2D eigenvalue weighted by atomic mass is 19.1. The van der Waals surface area contributed by atoms with Crippen LogP contribution < -0.4 is 5.32 Å². The van der Waals surface area contributed by atoms with Crippen molar-refractivity contribution in [1.29, 1.82) is 0 Å². The maximum Gasteiger partial charge on any atom is 0.141 e. The number of halogens is 1. The van der Waals surface area contributed by atoms with Crippen LogP contribution in [0, 0.1) is 5.82 Å². The summed E-state index contributed by atoms with van der Waals surface area (Å²) in [5, 5.41) is 3.26. The van der Waals surface area contributed by atoms with E-state index in [1.54, 1.807) is 6.07 Å². The number of hydrogen-bond donors (Lipinski definition) is 1. The Kier molecular flexibility index (Phi) is 5.88. The molecule has 112 valence electrons. The van der Waals surface area contributed by atoms with Gasteiger partial charge in [0.05, 0.1) is 30.6 Å². The van der Waals surface area contributed by atoms with E-state index in [-0.39, 0.29) is 11.9 Å². The van der Waals surface area contributed by atoms with Crippen LogP contribution in [-0.2, 0) is 4.74 Å². The molecule has 0 bridgehead atoms. The summed E-state index contributed by atoms with van der Waals surface area (Å²) in [6.07, 6.45) is 3.67. The summed E-state index contributed by atoms with van der Waals surface area (Å²) in [7, 11) is 1.92. The van der Waals surface area contributed by atoms with Gasteiger partial charge in [-0.25, -0.2) is 4.39 Å². The molecular weight excluding hydrogens is 257 g/mol. The summed E-state index contributed by atoms with van der Waals surface area (Å²) in [4.78, 5) is 6.60. The van der Waals surface area contributed by atoms with Crippen LogP contribution in [0.1, 0.15) is 31.5 Å². The topological polar surface area (TPSA) is 37.4 Å². The number of nitrogens with one attached hydrogen (secondary N) is 1. The second kappa shape index (κ2) is 7.67. The highest BCUT2D eigenvalue weighted by molar-refractivity contribution is 5.09. The fourth-order valence-corrected chi connectivity index (χ4v) is 2.58. The Bertz CT molecular complexity index is 399. The first-order valence-corrected chi connectivity index (χ1v) is 7.35. The third-order valence-corrected chi connectivity index (χ3v) is 3.87. The van der Waals surface area contributed by atoms with Crippen molar-refractivity contribution >= 4 is 0 Å². The van der Waals surface area contributed by atoms with Crippen molar-refractivity contribution < 1.29 is 9.13 Å². The smallest absolute Gasteiger partial charge is 0.141 e. The third kappa shape index (κ3) is 4.23. The van der Waals surface area contributed by atoms with Crippen molar-refractivity contribution in [2.45, 2.75) is 31.9 Å². The van der Waals surface area contributed by atoms with Crippen molar-refractivity contribution in [2.75, 3.05) is 33.3 Å². The lowest BCUT2D eigenvalue weighted by Crippen LogP contribution is -2.43. The molecule has 2 rings (SSSR count). The standard InChI is InChI=1S/C15H24FN3O/c1-3-13-11-19(8-9-20-13)7-6-14(17-2)15-5-4-12(16)10-18-15/h4-5,10,13-14,17H,3,6-9,11H2,1-2H3. The quantitative estimate of drug-likeness (QED) is 0.865. The average Bonchev–Trinajstić information content (AvgIpc) is 2.50. The second-order valence-corrected chi connectivity index (χ2v) is 5.23. The van der Waals surface area contributed by atoms with E-state index in [9.17, 15) is 4.39 Å². The minimum absolute atomic E-state index is 0.165. The lowest BCUT2D eigenvalue weighted by molar-refractivity contribution is -0.0305. The van der Waals surface area contributed by atoms with Crippen LogP contribution in [-0.4, -0.2) is 49.3 Å². The van der Waals surface area contributed by atoms with E-state index in [0.717, 1.165) is 44.8 Å². The first-order valence-electron chi connectivity index (χ1n) is 7.35. The lowest BCUT2D eigenvalue weighted by atomic mass is 10.1. The van der Waals surface area contributed by atoms with Gasteiger partial charge in [-0.15, -0.1) is 0 Å². The molecule has 1 fully saturated rings. The summed E-state index contributed by atoms with van der Waals surface area (Å²) < 4.78 is 18.6. The molecule has 1 aliphatic heterocycles. The van der Waals surface area contributed by atoms with Crippen LogP contribution in [0.2, 0.25) is 0 Å². The van der Waals surface area contributed by atoms with E-state index >= 15 is 0 Å². The molecule has 1 aromatic rings. The molecule has 1 N–H and O–H groups in total. The Morgan fingerprint density at radius 1 is 1.55 bits per heavy atom. The van der Waals surface area contributed by atoms with Crippen molar-refractivity contribution in [1.82, 2.24) is 15.2 Å². The molecule has 20 heavy (non-hydrogen) atoms. The molecule has 0 spiro atoms. The zero-order valence-corrected chi connectivity index (χ0v) is 12.3. The second-order valence-electron chi connectivity index (χ2n) is 5.23. The lowest BCUT2D eigenvalue weighted by Gasteiger charge is -2.33. The number of pyridine rings is 1. The van der Waals surface area contributed by atoms with Gasteiger partial charge in [-0.1, -0.05) is 6.92 Å². The summed E-state index contributed by atoms with van der Waals surface area (Å²) in [6.45, 7) is 5.97. The fraction of sp³-hybridized carbons (Fsp3) is 0.667. The maximum atomic E-state index is 12.9. The Hall–Kier alpha value is -1.04. The molecule has 5 heteroatoms. The molecule has 0 aliphatic carbocycles. The predicted octanol–water partition coefficient (Wildman–Crippen LogP) is 1.98. The SMILES string of the molecule is CCC1CN(CCC(NC)c2ccc(F)cn2)CCO1. The van der Waals surface area contributed by atoms with Gasteiger partial charge < -0.3 is 10.1 Å². The normalized spacial score (nSPS) is 21.9. The summed E-state index contributed by atoms with van der Waals surface area (Å²) in [6, 6.07) is 3.39. The first kappa shape index (κ1) is 15.4. The minimum atomic E-state index is -0.289. The molecule has 1 aromatic heterocycles. The summed E-state index contributed by atoms with van der Waals surface area (Å²) >= 11 is 0. The molecule has 0 saturated carbocycles. The number of hydrogen-bond acceptors (Lipinski definition) is 4. The number of rotatable bonds is 6. The van der Waals surface area contributed by atoms with Gasteiger partial charge in [0, 0.05) is 19.6 Å². The maximum absolute atomic E-state index is 12.9. The summed E-state index contributed by atoms with van der Waals surface area (Å²) in [5.74, 6) is -0.289. The highest BCUT2D eigenvalue weighted by Gasteiger charge is 2.20. The molecule has 2 heterocycles. The van der Waals surface area contributed by atoms with Crippen LogP contribution in [0.5, 0.6) is 0 Å². The molecule has 2 unspecified atom stereocenters. The van der Waals surface area contributed by atoms with Gasteiger partial charge >= 0.3 is 0 Å². The average molecular weight is 281 g/mol. The number of ether oxygens (including phenoxy) is 1. The van der Waals surface area contributed by atoms with Gasteiger partial charge in [-0.2, -0.15) is 0 Å². The molecule has 0 radical (unpaired) electrons. The molecular formula is C15H24FN3O. The van der Waals surface area contributed by atoms with Gasteiger partial charge in [0.15, 0.2) is 0 Å². The van der Waals surface area contributed by atoms with Crippen LogP contribution >= 0.6 is 0 Å². The Morgan fingerprint density at radius 2 is 2.40 bits per heavy atom. The Morgan fingerprint density at radius 3 is 3.05 bits per heavy atom. The molecule has 0 amide bonds. The molecule has 4 nitrogen and oxygen atoms in total. The highest BCUT2D eigenvalue weighted by Crippen LogP contribution is 2.16. The van der Waals surface area contributed by atoms with Gasteiger partial charge in [-0.05, 0) is 32.0 Å². The molecule has 1 aliphatic rings. The Labute approximate surface area is 120 Å². The van der Waals surface area contributed by atoms with E-state index in [2.05, 4.69) is 22.1 Å². The van der Waals surface area contributed by atoms with Crippen LogP contribution in [0.15, 0.2) is 18.3 Å².